The smallest absolute Gasteiger partial charge is 0.174 e. The maximum absolute atomic E-state index is 12.9. The minimum absolute atomic E-state index is 0.0663. The highest BCUT2D eigenvalue weighted by Gasteiger charge is 2.13. The fraction of sp³-hybridized carbons (Fsp3) is 0.176. The number of ketones is 1. The number of aromatic nitrogens is 3. The molecule has 3 aromatic rings. The number of H-pyrrole nitrogens is 2. The van der Waals surface area contributed by atoms with Crippen molar-refractivity contribution in [3.63, 3.8) is 0 Å². The molecule has 0 bridgehead atoms. The number of halogens is 1. The van der Waals surface area contributed by atoms with E-state index in [1.165, 1.54) is 23.9 Å². The van der Waals surface area contributed by atoms with Crippen molar-refractivity contribution in [3.05, 3.63) is 59.3 Å². The molecule has 118 valence electrons. The summed E-state index contributed by atoms with van der Waals surface area (Å²) in [5, 5.41) is 0.669. The second kappa shape index (κ2) is 6.42. The van der Waals surface area contributed by atoms with E-state index in [-0.39, 0.29) is 11.6 Å². The number of aryl methyl sites for hydroxylation is 2. The molecule has 0 saturated carbocycles. The van der Waals surface area contributed by atoms with Crippen LogP contribution in [0.4, 0.5) is 4.39 Å². The number of carbonyl (C=O) groups is 1. The van der Waals surface area contributed by atoms with Crippen LogP contribution in [0.15, 0.2) is 41.7 Å². The first kappa shape index (κ1) is 15.6. The minimum atomic E-state index is -0.273. The Morgan fingerprint density at radius 1 is 1.22 bits per heavy atom. The average Bonchev–Trinajstić information content (AvgIpc) is 3.12. The Morgan fingerprint density at radius 2 is 1.96 bits per heavy atom. The summed E-state index contributed by atoms with van der Waals surface area (Å²) in [5.74, 6) is 0.108. The molecule has 0 aliphatic rings. The molecule has 2 heterocycles. The van der Waals surface area contributed by atoms with Crippen LogP contribution < -0.4 is 0 Å². The first-order chi connectivity index (χ1) is 11.0. The molecule has 6 heteroatoms. The number of rotatable bonds is 5. The van der Waals surface area contributed by atoms with Gasteiger partial charge in [0.2, 0.25) is 0 Å². The lowest BCUT2D eigenvalue weighted by Crippen LogP contribution is -2.03. The molecule has 0 atom stereocenters. The molecule has 0 aliphatic heterocycles. The van der Waals surface area contributed by atoms with Gasteiger partial charge in [0.15, 0.2) is 10.9 Å². The van der Waals surface area contributed by atoms with E-state index >= 15 is 0 Å². The molecule has 0 aliphatic carbocycles. The van der Waals surface area contributed by atoms with Crippen molar-refractivity contribution < 1.29 is 9.18 Å². The summed E-state index contributed by atoms with van der Waals surface area (Å²) in [6, 6.07) is 8.06. The van der Waals surface area contributed by atoms with Crippen LogP contribution in [-0.2, 0) is 0 Å². The van der Waals surface area contributed by atoms with E-state index in [1.54, 1.807) is 18.3 Å². The number of Topliss-reactive ketones (excluding diaryl/α,β-unsaturated/α-hetero) is 1. The van der Waals surface area contributed by atoms with Gasteiger partial charge in [0.25, 0.3) is 0 Å². The fourth-order valence-corrected chi connectivity index (χ4v) is 3.11. The Labute approximate surface area is 137 Å². The Balaban J connectivity index is 1.66. The molecule has 0 unspecified atom stereocenters. The summed E-state index contributed by atoms with van der Waals surface area (Å²) in [7, 11) is 0. The van der Waals surface area contributed by atoms with E-state index in [9.17, 15) is 9.18 Å². The summed E-state index contributed by atoms with van der Waals surface area (Å²) in [6.07, 6.45) is 1.69. The number of nitrogens with one attached hydrogen (secondary N) is 2. The third-order valence-corrected chi connectivity index (χ3v) is 4.39. The van der Waals surface area contributed by atoms with E-state index < -0.39 is 0 Å². The highest BCUT2D eigenvalue weighted by molar-refractivity contribution is 7.99. The second-order valence-electron chi connectivity index (χ2n) is 5.31. The van der Waals surface area contributed by atoms with Crippen molar-refractivity contribution in [1.82, 2.24) is 15.0 Å². The maximum atomic E-state index is 12.9. The van der Waals surface area contributed by atoms with Crippen molar-refractivity contribution >= 4 is 17.5 Å². The molecule has 2 aromatic heterocycles. The van der Waals surface area contributed by atoms with Gasteiger partial charge in [-0.25, -0.2) is 9.37 Å². The third-order valence-electron chi connectivity index (χ3n) is 3.50. The van der Waals surface area contributed by atoms with Crippen LogP contribution in [0, 0.1) is 19.7 Å². The van der Waals surface area contributed by atoms with Gasteiger partial charge in [-0.1, -0.05) is 11.8 Å². The molecule has 23 heavy (non-hydrogen) atoms. The van der Waals surface area contributed by atoms with Gasteiger partial charge in [0, 0.05) is 17.0 Å². The minimum Gasteiger partial charge on any atom is -0.362 e. The van der Waals surface area contributed by atoms with Crippen molar-refractivity contribution in [3.8, 4) is 11.3 Å². The van der Waals surface area contributed by atoms with E-state index in [4.69, 9.17) is 0 Å². The molecule has 0 amide bonds. The van der Waals surface area contributed by atoms with Crippen LogP contribution in [-0.4, -0.2) is 26.5 Å². The maximum Gasteiger partial charge on any atom is 0.174 e. The summed E-state index contributed by atoms with van der Waals surface area (Å²) in [6.45, 7) is 3.82. The third kappa shape index (κ3) is 3.53. The predicted molar refractivity (Wildman–Crippen MR) is 89.3 cm³/mol. The number of imidazole rings is 1. The number of hydrogen-bond donors (Lipinski definition) is 2. The van der Waals surface area contributed by atoms with Crippen LogP contribution in [0.5, 0.6) is 0 Å². The molecule has 3 rings (SSSR count). The van der Waals surface area contributed by atoms with Gasteiger partial charge in [-0.2, -0.15) is 0 Å². The summed E-state index contributed by atoms with van der Waals surface area (Å²) >= 11 is 1.36. The summed E-state index contributed by atoms with van der Waals surface area (Å²) in [4.78, 5) is 22.8. The molecule has 4 nitrogen and oxygen atoms in total. The molecule has 0 radical (unpaired) electrons. The number of nitrogens with zero attached hydrogens (tertiary/aromatic N) is 1. The number of hydrogen-bond acceptors (Lipinski definition) is 3. The first-order valence-corrected chi connectivity index (χ1v) is 8.14. The normalized spacial score (nSPS) is 10.9. The standard InChI is InChI=1S/C17H16FN3OS/c1-10-7-14(11(2)20-10)16(22)9-23-17-19-8-15(21-17)12-3-5-13(18)6-4-12/h3-8,20H,9H2,1-2H3,(H,19,21). The average molecular weight is 329 g/mol. The lowest BCUT2D eigenvalue weighted by molar-refractivity contribution is 0.102. The van der Waals surface area contributed by atoms with Gasteiger partial charge in [0.1, 0.15) is 5.82 Å². The monoisotopic (exact) mass is 329 g/mol. The zero-order chi connectivity index (χ0) is 16.4. The number of thioether (sulfide) groups is 1. The quantitative estimate of drug-likeness (QED) is 0.546. The zero-order valence-corrected chi connectivity index (χ0v) is 13.6. The zero-order valence-electron chi connectivity index (χ0n) is 12.8. The van der Waals surface area contributed by atoms with Crippen LogP contribution in [0.25, 0.3) is 11.3 Å². The summed E-state index contributed by atoms with van der Waals surface area (Å²) < 4.78 is 12.9. The Hall–Kier alpha value is -2.34. The Bertz CT molecular complexity index is 836. The van der Waals surface area contributed by atoms with E-state index in [2.05, 4.69) is 15.0 Å². The Kier molecular flexibility index (Phi) is 4.34. The highest BCUT2D eigenvalue weighted by Crippen LogP contribution is 2.23. The van der Waals surface area contributed by atoms with Gasteiger partial charge in [-0.15, -0.1) is 0 Å². The van der Waals surface area contributed by atoms with Gasteiger partial charge in [0.05, 0.1) is 17.6 Å². The van der Waals surface area contributed by atoms with Gasteiger partial charge >= 0.3 is 0 Å². The van der Waals surface area contributed by atoms with Crippen LogP contribution >= 0.6 is 11.8 Å². The number of carbonyl (C=O) groups excluding carboxylic acids is 1. The van der Waals surface area contributed by atoms with Crippen LogP contribution in [0.1, 0.15) is 21.7 Å². The fourth-order valence-electron chi connectivity index (χ4n) is 2.38. The molecular weight excluding hydrogens is 313 g/mol. The van der Waals surface area contributed by atoms with Crippen molar-refractivity contribution in [2.75, 3.05) is 5.75 Å². The topological polar surface area (TPSA) is 61.5 Å². The van der Waals surface area contributed by atoms with Gasteiger partial charge in [-0.05, 0) is 49.7 Å². The first-order valence-electron chi connectivity index (χ1n) is 7.16. The van der Waals surface area contributed by atoms with Gasteiger partial charge < -0.3 is 9.97 Å². The highest BCUT2D eigenvalue weighted by atomic mass is 32.2. The molecule has 0 spiro atoms. The summed E-state index contributed by atoms with van der Waals surface area (Å²) in [5.41, 5.74) is 4.25. The largest absolute Gasteiger partial charge is 0.362 e. The van der Waals surface area contributed by atoms with Crippen molar-refractivity contribution in [2.45, 2.75) is 19.0 Å². The lowest BCUT2D eigenvalue weighted by atomic mass is 10.2. The molecule has 0 saturated heterocycles. The molecule has 2 N–H and O–H groups in total. The Morgan fingerprint density at radius 3 is 2.61 bits per heavy atom. The van der Waals surface area contributed by atoms with E-state index in [0.717, 1.165) is 28.2 Å². The predicted octanol–water partition coefficient (Wildman–Crippen LogP) is 4.14. The second-order valence-corrected chi connectivity index (χ2v) is 6.28. The molecule has 1 aromatic carbocycles. The molecule has 0 fully saturated rings. The van der Waals surface area contributed by atoms with Crippen LogP contribution in [0.2, 0.25) is 0 Å². The van der Waals surface area contributed by atoms with Gasteiger partial charge in [-0.3, -0.25) is 4.79 Å². The van der Waals surface area contributed by atoms with Crippen molar-refractivity contribution in [1.29, 1.82) is 0 Å². The van der Waals surface area contributed by atoms with E-state index in [1.807, 2.05) is 19.9 Å². The molecular formula is C17H16FN3OS. The number of aromatic amines is 2. The number of benzene rings is 1. The SMILES string of the molecule is Cc1cc(C(=O)CSc2ncc(-c3ccc(F)cc3)[nH]2)c(C)[nH]1. The lowest BCUT2D eigenvalue weighted by Gasteiger charge is -1.99. The van der Waals surface area contributed by atoms with Crippen LogP contribution in [0.3, 0.4) is 0 Å². The van der Waals surface area contributed by atoms with E-state index in [0.29, 0.717) is 10.9 Å². The van der Waals surface area contributed by atoms with Crippen molar-refractivity contribution in [2.24, 2.45) is 0 Å².